The molecule has 18 heavy (non-hydrogen) atoms. The lowest BCUT2D eigenvalue weighted by atomic mass is 10.1. The van der Waals surface area contributed by atoms with E-state index in [4.69, 9.17) is 0 Å². The smallest absolute Gasteiger partial charge is 0.293 e. The zero-order chi connectivity index (χ0) is 13.5. The summed E-state index contributed by atoms with van der Waals surface area (Å²) >= 11 is 3.37. The summed E-state index contributed by atoms with van der Waals surface area (Å²) in [5.74, 6) is 0.248. The van der Waals surface area contributed by atoms with Crippen LogP contribution in [0.1, 0.15) is 32.4 Å². The molecule has 2 heterocycles. The van der Waals surface area contributed by atoms with Gasteiger partial charge in [-0.3, -0.25) is 14.5 Å². The predicted octanol–water partition coefficient (Wildman–Crippen LogP) is 2.81. The molecule has 1 fully saturated rings. The highest BCUT2D eigenvalue weighted by Crippen LogP contribution is 2.55. The molecular weight excluding hydrogens is 298 g/mol. The van der Waals surface area contributed by atoms with Crippen LogP contribution in [0.5, 0.6) is 0 Å². The summed E-state index contributed by atoms with van der Waals surface area (Å²) in [4.78, 5) is 22.4. The third-order valence-corrected chi connectivity index (χ3v) is 3.10. The number of carbonyl (C=O) groups is 2. The van der Waals surface area contributed by atoms with Crippen molar-refractivity contribution in [2.24, 2.45) is 0 Å². The Morgan fingerprint density at radius 1 is 1.39 bits per heavy atom. The first-order valence-electron chi connectivity index (χ1n) is 5.59. The molecule has 1 amide bonds. The summed E-state index contributed by atoms with van der Waals surface area (Å²) in [5, 5.41) is 0. The second kappa shape index (κ2) is 4.39. The lowest BCUT2D eigenvalue weighted by Crippen LogP contribution is -2.17. The number of anilines is 1. The highest BCUT2D eigenvalue weighted by molar-refractivity contribution is 9.10. The van der Waals surface area contributed by atoms with Gasteiger partial charge in [0.2, 0.25) is 0 Å². The molecule has 4 nitrogen and oxygen atoms in total. The third-order valence-electron chi connectivity index (χ3n) is 2.61. The minimum Gasteiger partial charge on any atom is -0.462 e. The zero-order valence-corrected chi connectivity index (χ0v) is 12.0. The first-order valence-corrected chi connectivity index (χ1v) is 6.38. The van der Waals surface area contributed by atoms with E-state index in [1.54, 1.807) is 0 Å². The molecule has 1 saturated heterocycles. The summed E-state index contributed by atoms with van der Waals surface area (Å²) in [5.41, 5.74) is 1.94. The molecule has 1 unspecified atom stereocenters. The van der Waals surface area contributed by atoms with E-state index < -0.39 is 0 Å². The van der Waals surface area contributed by atoms with Crippen molar-refractivity contribution in [1.29, 1.82) is 0 Å². The molecule has 0 N–H and O–H groups in total. The summed E-state index contributed by atoms with van der Waals surface area (Å²) in [7, 11) is 0. The van der Waals surface area contributed by atoms with Crippen molar-refractivity contribution >= 4 is 34.0 Å². The van der Waals surface area contributed by atoms with Crippen molar-refractivity contribution in [1.82, 2.24) is 0 Å². The van der Waals surface area contributed by atoms with Crippen molar-refractivity contribution < 1.29 is 14.3 Å². The Labute approximate surface area is 114 Å². The second-order valence-corrected chi connectivity index (χ2v) is 6.06. The van der Waals surface area contributed by atoms with Crippen LogP contribution in [-0.2, 0) is 14.3 Å². The maximum Gasteiger partial charge on any atom is 0.293 e. The fourth-order valence-corrected chi connectivity index (χ4v) is 2.13. The maximum absolute atomic E-state index is 11.0. The van der Waals surface area contributed by atoms with E-state index in [1.165, 1.54) is 5.56 Å². The normalized spacial score (nSPS) is 18.8. The first-order chi connectivity index (χ1) is 8.35. The lowest BCUT2D eigenvalue weighted by Gasteiger charge is -2.16. The van der Waals surface area contributed by atoms with Gasteiger partial charge in [-0.2, -0.15) is 0 Å². The zero-order valence-electron chi connectivity index (χ0n) is 10.4. The van der Waals surface area contributed by atoms with Crippen LogP contribution in [0.2, 0.25) is 0 Å². The molecule has 1 aromatic rings. The molecule has 0 aromatic heterocycles. The van der Waals surface area contributed by atoms with Gasteiger partial charge < -0.3 is 4.74 Å². The Hall–Kier alpha value is -1.36. The number of carbonyl (C=O) groups excluding carboxylic acids is 2. The maximum atomic E-state index is 11.0. The van der Waals surface area contributed by atoms with E-state index in [9.17, 15) is 9.59 Å². The van der Waals surface area contributed by atoms with Gasteiger partial charge in [0.25, 0.3) is 12.4 Å². The Kier molecular flexibility index (Phi) is 3.19. The van der Waals surface area contributed by atoms with E-state index in [-0.39, 0.29) is 17.6 Å². The van der Waals surface area contributed by atoms with E-state index in [2.05, 4.69) is 20.7 Å². The molecule has 2 aliphatic heterocycles. The van der Waals surface area contributed by atoms with E-state index in [1.807, 2.05) is 43.9 Å². The number of hydrogen-bond donors (Lipinski definition) is 0. The van der Waals surface area contributed by atoms with Crippen LogP contribution < -0.4 is 4.90 Å². The fourth-order valence-electron chi connectivity index (χ4n) is 1.75. The number of fused-ring (bicyclic) bond motifs is 4. The third kappa shape index (κ3) is 2.41. The van der Waals surface area contributed by atoms with Gasteiger partial charge in [-0.15, -0.1) is 0 Å². The molecule has 0 saturated carbocycles. The fraction of sp³-hybridized carbons (Fsp3) is 0.385. The topological polar surface area (TPSA) is 46.4 Å². The minimum absolute atomic E-state index is 0.113. The average molecular weight is 312 g/mol. The van der Waals surface area contributed by atoms with Gasteiger partial charge in [0.15, 0.2) is 0 Å². The van der Waals surface area contributed by atoms with Crippen molar-refractivity contribution in [2.45, 2.75) is 32.4 Å². The van der Waals surface area contributed by atoms with Gasteiger partial charge in [-0.05, 0) is 39.0 Å². The van der Waals surface area contributed by atoms with E-state index >= 15 is 0 Å². The van der Waals surface area contributed by atoms with Crippen LogP contribution in [0.4, 0.5) is 5.69 Å². The number of ether oxygens (including phenoxy) is 1. The summed E-state index contributed by atoms with van der Waals surface area (Å²) in [6.07, 6.45) is 0. The Morgan fingerprint density at radius 3 is 2.56 bits per heavy atom. The van der Waals surface area contributed by atoms with Crippen LogP contribution in [0.3, 0.4) is 0 Å². The Bertz CT molecular complexity index is 507. The number of amides is 1. The van der Waals surface area contributed by atoms with Gasteiger partial charge in [-0.1, -0.05) is 15.9 Å². The van der Waals surface area contributed by atoms with Crippen LogP contribution in [0.15, 0.2) is 22.7 Å². The molecular formula is C13H14BrNO3. The highest BCUT2D eigenvalue weighted by Gasteiger charge is 2.58. The van der Waals surface area contributed by atoms with Gasteiger partial charge in [0.1, 0.15) is 11.6 Å². The van der Waals surface area contributed by atoms with Crippen LogP contribution in [0.25, 0.3) is 0 Å². The number of halogens is 1. The number of nitrogens with zero attached hydrogens (tertiary/aromatic N) is 1. The predicted molar refractivity (Wildman–Crippen MR) is 71.3 cm³/mol. The van der Waals surface area contributed by atoms with Crippen LogP contribution in [-0.4, -0.2) is 18.0 Å². The SMILES string of the molecule is CC(C)(C)OC=O.O=C1C2c3cc(Br)ccc3N12. The molecule has 96 valence electrons. The number of hydrogen-bond acceptors (Lipinski definition) is 3. The largest absolute Gasteiger partial charge is 0.462 e. The average Bonchev–Trinajstić information content (AvgIpc) is 2.80. The van der Waals surface area contributed by atoms with Gasteiger partial charge >= 0.3 is 0 Å². The van der Waals surface area contributed by atoms with Crippen molar-refractivity contribution in [3.05, 3.63) is 28.2 Å². The Morgan fingerprint density at radius 2 is 2.06 bits per heavy atom. The molecule has 5 heteroatoms. The van der Waals surface area contributed by atoms with Gasteiger partial charge in [-0.25, -0.2) is 0 Å². The molecule has 3 rings (SSSR count). The second-order valence-electron chi connectivity index (χ2n) is 5.14. The van der Waals surface area contributed by atoms with Crippen LogP contribution >= 0.6 is 15.9 Å². The monoisotopic (exact) mass is 311 g/mol. The van der Waals surface area contributed by atoms with E-state index in [0.29, 0.717) is 6.47 Å². The number of benzene rings is 1. The van der Waals surface area contributed by atoms with Gasteiger partial charge in [0.05, 0.1) is 5.69 Å². The lowest BCUT2D eigenvalue weighted by molar-refractivity contribution is -0.138. The molecule has 0 aliphatic carbocycles. The summed E-state index contributed by atoms with van der Waals surface area (Å²) in [6.45, 7) is 5.92. The van der Waals surface area contributed by atoms with Crippen molar-refractivity contribution in [3.63, 3.8) is 0 Å². The van der Waals surface area contributed by atoms with Crippen LogP contribution in [0, 0.1) is 0 Å². The minimum atomic E-state index is -0.318. The Balaban J connectivity index is 0.000000152. The summed E-state index contributed by atoms with van der Waals surface area (Å²) < 4.78 is 5.60. The van der Waals surface area contributed by atoms with Crippen molar-refractivity contribution in [3.8, 4) is 0 Å². The van der Waals surface area contributed by atoms with Crippen molar-refractivity contribution in [2.75, 3.05) is 4.90 Å². The highest BCUT2D eigenvalue weighted by atomic mass is 79.9. The van der Waals surface area contributed by atoms with Gasteiger partial charge in [0, 0.05) is 10.0 Å². The standard InChI is InChI=1S/C8H4BrNO.C5H10O2/c9-4-1-2-6-5(3-4)7-8(11)10(6)7;1-5(2,3)7-4-6/h1-3,7H;4H,1-3H3. The summed E-state index contributed by atoms with van der Waals surface area (Å²) in [6, 6.07) is 6.06. The molecule has 0 bridgehead atoms. The molecule has 2 aliphatic rings. The van der Waals surface area contributed by atoms with E-state index in [0.717, 1.165) is 10.2 Å². The molecule has 0 radical (unpaired) electrons. The molecule has 0 spiro atoms. The molecule has 1 atom stereocenters. The number of rotatable bonds is 1. The first kappa shape index (κ1) is 13.1. The molecule has 1 aromatic carbocycles. The quantitative estimate of drug-likeness (QED) is 0.592.